The normalized spacial score (nSPS) is 13.2. The largest absolute Gasteiger partial charge is 0.330 e. The Balaban J connectivity index is 2.73. The number of likely N-dealkylation sites (N-methyl/N-ethyl adjacent to an activating group) is 1. The van der Waals surface area contributed by atoms with Crippen LogP contribution < -0.4 is 5.73 Å². The molecule has 0 saturated carbocycles. The molecule has 0 radical (unpaired) electrons. The highest BCUT2D eigenvalue weighted by Gasteiger charge is 2.09. The van der Waals surface area contributed by atoms with Gasteiger partial charge < -0.3 is 10.6 Å². The zero-order valence-electron chi connectivity index (χ0n) is 9.33. The minimum Gasteiger partial charge on any atom is -0.330 e. The second-order valence-corrected chi connectivity index (χ2v) is 4.11. The molecule has 0 aromatic heterocycles. The van der Waals surface area contributed by atoms with E-state index in [-0.39, 0.29) is 0 Å². The molecule has 0 saturated heterocycles. The van der Waals surface area contributed by atoms with Gasteiger partial charge in [-0.3, -0.25) is 0 Å². The predicted molar refractivity (Wildman–Crippen MR) is 61.5 cm³/mol. The van der Waals surface area contributed by atoms with Crippen molar-refractivity contribution in [2.75, 3.05) is 27.2 Å². The summed E-state index contributed by atoms with van der Waals surface area (Å²) in [6.07, 6.45) is 0. The Labute approximate surface area is 86.7 Å². The van der Waals surface area contributed by atoms with Gasteiger partial charge in [-0.05, 0) is 26.6 Å². The molecule has 0 amide bonds. The summed E-state index contributed by atoms with van der Waals surface area (Å²) in [5, 5.41) is 0. The van der Waals surface area contributed by atoms with E-state index in [9.17, 15) is 0 Å². The van der Waals surface area contributed by atoms with Crippen molar-refractivity contribution in [3.8, 4) is 0 Å². The number of aryl methyl sites for hydroxylation is 1. The van der Waals surface area contributed by atoms with Crippen LogP contribution in [-0.4, -0.2) is 32.1 Å². The van der Waals surface area contributed by atoms with Gasteiger partial charge in [0.05, 0.1) is 0 Å². The van der Waals surface area contributed by atoms with Crippen LogP contribution in [0.3, 0.4) is 0 Å². The summed E-state index contributed by atoms with van der Waals surface area (Å²) in [6.45, 7) is 3.83. The molecule has 2 heteroatoms. The van der Waals surface area contributed by atoms with Crippen molar-refractivity contribution in [3.05, 3.63) is 35.4 Å². The molecular weight excluding hydrogens is 172 g/mol. The number of hydrogen-bond acceptors (Lipinski definition) is 2. The molecule has 0 bridgehead atoms. The fourth-order valence-electron chi connectivity index (χ4n) is 1.60. The van der Waals surface area contributed by atoms with Crippen molar-refractivity contribution in [2.24, 2.45) is 5.73 Å². The standard InChI is InChI=1S/C12H20N2/c1-10-4-6-11(7-5-10)12(8-13)9-14(2)3/h4-7,12H,8-9,13H2,1-3H3. The average Bonchev–Trinajstić information content (AvgIpc) is 2.15. The Morgan fingerprint density at radius 1 is 1.21 bits per heavy atom. The Hall–Kier alpha value is -0.860. The first-order valence-electron chi connectivity index (χ1n) is 5.05. The first kappa shape index (κ1) is 11.2. The molecule has 0 aliphatic rings. The van der Waals surface area contributed by atoms with Crippen LogP contribution in [-0.2, 0) is 0 Å². The lowest BCUT2D eigenvalue weighted by molar-refractivity contribution is 0.375. The van der Waals surface area contributed by atoms with Crippen LogP contribution in [0.25, 0.3) is 0 Å². The zero-order valence-corrected chi connectivity index (χ0v) is 9.33. The smallest absolute Gasteiger partial charge is 0.00886 e. The van der Waals surface area contributed by atoms with Gasteiger partial charge in [0.1, 0.15) is 0 Å². The van der Waals surface area contributed by atoms with E-state index < -0.39 is 0 Å². The molecule has 1 aromatic carbocycles. The highest BCUT2D eigenvalue weighted by molar-refractivity contribution is 5.25. The van der Waals surface area contributed by atoms with E-state index in [1.807, 2.05) is 0 Å². The van der Waals surface area contributed by atoms with Crippen LogP contribution >= 0.6 is 0 Å². The Bertz CT molecular complexity index is 264. The number of nitrogens with zero attached hydrogens (tertiary/aromatic N) is 1. The monoisotopic (exact) mass is 192 g/mol. The van der Waals surface area contributed by atoms with E-state index in [2.05, 4.69) is 50.2 Å². The minimum atomic E-state index is 0.450. The van der Waals surface area contributed by atoms with Crippen molar-refractivity contribution >= 4 is 0 Å². The molecule has 1 aromatic rings. The number of rotatable bonds is 4. The Morgan fingerprint density at radius 2 is 1.79 bits per heavy atom. The number of benzene rings is 1. The highest BCUT2D eigenvalue weighted by Crippen LogP contribution is 2.15. The fraction of sp³-hybridized carbons (Fsp3) is 0.500. The SMILES string of the molecule is Cc1ccc(C(CN)CN(C)C)cc1. The molecule has 2 nitrogen and oxygen atoms in total. The molecule has 14 heavy (non-hydrogen) atoms. The third kappa shape index (κ3) is 3.13. The second-order valence-electron chi connectivity index (χ2n) is 4.11. The van der Waals surface area contributed by atoms with Gasteiger partial charge in [-0.25, -0.2) is 0 Å². The van der Waals surface area contributed by atoms with Crippen LogP contribution in [0, 0.1) is 6.92 Å². The van der Waals surface area contributed by atoms with Crippen LogP contribution in [0.1, 0.15) is 17.0 Å². The lowest BCUT2D eigenvalue weighted by Crippen LogP contribution is -2.25. The minimum absolute atomic E-state index is 0.450. The summed E-state index contributed by atoms with van der Waals surface area (Å²) in [5.74, 6) is 0.450. The predicted octanol–water partition coefficient (Wildman–Crippen LogP) is 1.60. The maximum Gasteiger partial charge on any atom is 0.00886 e. The van der Waals surface area contributed by atoms with Gasteiger partial charge in [0.15, 0.2) is 0 Å². The van der Waals surface area contributed by atoms with Crippen LogP contribution in [0.2, 0.25) is 0 Å². The summed E-state index contributed by atoms with van der Waals surface area (Å²) in [7, 11) is 4.16. The van der Waals surface area contributed by atoms with Crippen LogP contribution in [0.5, 0.6) is 0 Å². The van der Waals surface area contributed by atoms with Gasteiger partial charge in [0, 0.05) is 19.0 Å². The molecule has 2 N–H and O–H groups in total. The summed E-state index contributed by atoms with van der Waals surface area (Å²) >= 11 is 0. The molecule has 0 spiro atoms. The average molecular weight is 192 g/mol. The van der Waals surface area contributed by atoms with Gasteiger partial charge in [-0.1, -0.05) is 29.8 Å². The third-order valence-electron chi connectivity index (χ3n) is 2.42. The topological polar surface area (TPSA) is 29.3 Å². The summed E-state index contributed by atoms with van der Waals surface area (Å²) < 4.78 is 0. The molecule has 1 rings (SSSR count). The highest BCUT2D eigenvalue weighted by atomic mass is 15.1. The van der Waals surface area contributed by atoms with Gasteiger partial charge in [0.25, 0.3) is 0 Å². The Kier molecular flexibility index (Phi) is 4.11. The van der Waals surface area contributed by atoms with Crippen molar-refractivity contribution in [1.29, 1.82) is 0 Å². The van der Waals surface area contributed by atoms with Gasteiger partial charge >= 0.3 is 0 Å². The maximum atomic E-state index is 5.76. The molecule has 0 aliphatic carbocycles. The van der Waals surface area contributed by atoms with Crippen molar-refractivity contribution in [2.45, 2.75) is 12.8 Å². The molecule has 0 fully saturated rings. The van der Waals surface area contributed by atoms with E-state index >= 15 is 0 Å². The van der Waals surface area contributed by atoms with Gasteiger partial charge in [0.2, 0.25) is 0 Å². The lowest BCUT2D eigenvalue weighted by atomic mass is 9.98. The molecular formula is C12H20N2. The molecule has 78 valence electrons. The van der Waals surface area contributed by atoms with E-state index in [4.69, 9.17) is 5.73 Å². The maximum absolute atomic E-state index is 5.76. The van der Waals surface area contributed by atoms with Gasteiger partial charge in [-0.2, -0.15) is 0 Å². The molecule has 0 heterocycles. The van der Waals surface area contributed by atoms with Gasteiger partial charge in [-0.15, -0.1) is 0 Å². The number of hydrogen-bond donors (Lipinski definition) is 1. The van der Waals surface area contributed by atoms with Crippen LogP contribution in [0.15, 0.2) is 24.3 Å². The number of nitrogens with two attached hydrogens (primary N) is 1. The first-order valence-corrected chi connectivity index (χ1v) is 5.05. The lowest BCUT2D eigenvalue weighted by Gasteiger charge is -2.19. The van der Waals surface area contributed by atoms with E-state index in [1.165, 1.54) is 11.1 Å². The van der Waals surface area contributed by atoms with E-state index in [0.717, 1.165) is 6.54 Å². The summed E-state index contributed by atoms with van der Waals surface area (Å²) in [5.41, 5.74) is 8.40. The Morgan fingerprint density at radius 3 is 2.21 bits per heavy atom. The quantitative estimate of drug-likeness (QED) is 0.785. The third-order valence-corrected chi connectivity index (χ3v) is 2.42. The summed E-state index contributed by atoms with van der Waals surface area (Å²) in [6, 6.07) is 8.65. The fourth-order valence-corrected chi connectivity index (χ4v) is 1.60. The van der Waals surface area contributed by atoms with E-state index in [1.54, 1.807) is 0 Å². The zero-order chi connectivity index (χ0) is 10.6. The second kappa shape index (κ2) is 5.13. The van der Waals surface area contributed by atoms with E-state index in [0.29, 0.717) is 12.5 Å². The van der Waals surface area contributed by atoms with Crippen molar-refractivity contribution < 1.29 is 0 Å². The van der Waals surface area contributed by atoms with Crippen molar-refractivity contribution in [1.82, 2.24) is 4.90 Å². The van der Waals surface area contributed by atoms with Crippen LogP contribution in [0.4, 0.5) is 0 Å². The first-order chi connectivity index (χ1) is 6.63. The molecule has 0 aliphatic heterocycles. The molecule has 1 unspecified atom stereocenters. The van der Waals surface area contributed by atoms with Crippen molar-refractivity contribution in [3.63, 3.8) is 0 Å². The summed E-state index contributed by atoms with van der Waals surface area (Å²) in [4.78, 5) is 2.18. The molecule has 1 atom stereocenters.